The van der Waals surface area contributed by atoms with Crippen molar-refractivity contribution in [1.29, 1.82) is 0 Å². The fourth-order valence-electron chi connectivity index (χ4n) is 2.12. The van der Waals surface area contributed by atoms with Crippen LogP contribution in [0, 0.1) is 0 Å². The van der Waals surface area contributed by atoms with E-state index in [9.17, 15) is 4.79 Å². The molecule has 1 fully saturated rings. The van der Waals surface area contributed by atoms with Crippen molar-refractivity contribution in [3.63, 3.8) is 0 Å². The van der Waals surface area contributed by atoms with E-state index in [4.69, 9.17) is 0 Å². The number of rotatable bonds is 6. The number of carbonyl (C=O) groups is 1. The number of anilines is 2. The minimum Gasteiger partial charge on any atom is -0.369 e. The zero-order valence-corrected chi connectivity index (χ0v) is 12.3. The molecule has 0 aliphatic heterocycles. The first-order valence-corrected chi connectivity index (χ1v) is 7.32. The summed E-state index contributed by atoms with van der Waals surface area (Å²) >= 11 is 0. The Morgan fingerprint density at radius 2 is 2.33 bits per heavy atom. The molecule has 1 atom stereocenters. The average molecular weight is 288 g/mol. The van der Waals surface area contributed by atoms with E-state index < -0.39 is 0 Å². The largest absolute Gasteiger partial charge is 0.369 e. The van der Waals surface area contributed by atoms with Gasteiger partial charge in [-0.25, -0.2) is 9.97 Å². The van der Waals surface area contributed by atoms with Gasteiger partial charge in [-0.1, -0.05) is 0 Å². The lowest BCUT2D eigenvalue weighted by atomic mass is 10.3. The number of hydrogen-bond acceptors (Lipinski definition) is 5. The number of nitrogens with one attached hydrogen (secondary N) is 3. The highest BCUT2D eigenvalue weighted by atomic mass is 16.2. The van der Waals surface area contributed by atoms with Gasteiger partial charge in [0, 0.05) is 25.0 Å². The molecule has 2 aromatic rings. The van der Waals surface area contributed by atoms with Crippen LogP contribution in [0.2, 0.25) is 0 Å². The highest BCUT2D eigenvalue weighted by molar-refractivity contribution is 5.85. The molecule has 0 saturated heterocycles. The molecule has 21 heavy (non-hydrogen) atoms. The molecule has 1 saturated carbocycles. The lowest BCUT2D eigenvalue weighted by molar-refractivity contribution is -0.121. The van der Waals surface area contributed by atoms with Crippen LogP contribution in [0.3, 0.4) is 0 Å². The molecule has 0 bridgehead atoms. The van der Waals surface area contributed by atoms with E-state index in [1.807, 2.05) is 30.6 Å². The summed E-state index contributed by atoms with van der Waals surface area (Å²) in [5.41, 5.74) is 0.711. The van der Waals surface area contributed by atoms with Crippen molar-refractivity contribution in [1.82, 2.24) is 19.7 Å². The number of hydrogen-bond donors (Lipinski definition) is 3. The summed E-state index contributed by atoms with van der Waals surface area (Å²) in [6, 6.07) is 0.00437. The molecule has 2 aromatic heterocycles. The highest BCUT2D eigenvalue weighted by Gasteiger charge is 2.26. The van der Waals surface area contributed by atoms with Crippen LogP contribution in [-0.4, -0.2) is 38.9 Å². The van der Waals surface area contributed by atoms with Crippen LogP contribution in [0.5, 0.6) is 0 Å². The van der Waals surface area contributed by atoms with Gasteiger partial charge in [0.15, 0.2) is 11.5 Å². The number of amides is 1. The first kappa shape index (κ1) is 13.7. The number of imidazole rings is 1. The molecule has 3 N–H and O–H groups in total. The molecule has 112 valence electrons. The Kier molecular flexibility index (Phi) is 3.64. The van der Waals surface area contributed by atoms with Gasteiger partial charge in [-0.15, -0.1) is 0 Å². The minimum absolute atomic E-state index is 0.00198. The third-order valence-electron chi connectivity index (χ3n) is 3.40. The van der Waals surface area contributed by atoms with Gasteiger partial charge in [0.2, 0.25) is 5.91 Å². The quantitative estimate of drug-likeness (QED) is 0.745. The molecule has 0 aromatic carbocycles. The zero-order valence-electron chi connectivity index (χ0n) is 12.3. The van der Waals surface area contributed by atoms with Crippen LogP contribution >= 0.6 is 0 Å². The van der Waals surface area contributed by atoms with Crippen LogP contribution < -0.4 is 16.0 Å². The van der Waals surface area contributed by atoms with Crippen LogP contribution in [0.25, 0.3) is 5.65 Å². The SMILES string of the molecule is CCNc1cn2ccnc2c(NC(C)C(=O)NC2CC2)n1. The summed E-state index contributed by atoms with van der Waals surface area (Å²) < 4.78 is 1.89. The predicted molar refractivity (Wildman–Crippen MR) is 81.4 cm³/mol. The fourth-order valence-corrected chi connectivity index (χ4v) is 2.12. The molecule has 2 heterocycles. The summed E-state index contributed by atoms with van der Waals surface area (Å²) in [4.78, 5) is 20.8. The normalized spacial score (nSPS) is 15.7. The topological polar surface area (TPSA) is 83.3 Å². The molecule has 0 spiro atoms. The van der Waals surface area contributed by atoms with Gasteiger partial charge in [-0.3, -0.25) is 4.79 Å². The Balaban J connectivity index is 1.80. The van der Waals surface area contributed by atoms with Gasteiger partial charge in [0.1, 0.15) is 11.9 Å². The van der Waals surface area contributed by atoms with Crippen molar-refractivity contribution in [3.05, 3.63) is 18.6 Å². The Morgan fingerprint density at radius 1 is 1.52 bits per heavy atom. The van der Waals surface area contributed by atoms with Gasteiger partial charge in [0.25, 0.3) is 0 Å². The van der Waals surface area contributed by atoms with Crippen molar-refractivity contribution >= 4 is 23.2 Å². The van der Waals surface area contributed by atoms with Gasteiger partial charge in [-0.2, -0.15) is 0 Å². The van der Waals surface area contributed by atoms with E-state index in [0.717, 1.165) is 25.2 Å². The monoisotopic (exact) mass is 288 g/mol. The van der Waals surface area contributed by atoms with Gasteiger partial charge in [0.05, 0.1) is 6.20 Å². The Labute approximate surface area is 123 Å². The first-order valence-electron chi connectivity index (χ1n) is 7.32. The zero-order chi connectivity index (χ0) is 14.8. The van der Waals surface area contributed by atoms with Gasteiger partial charge in [-0.05, 0) is 26.7 Å². The van der Waals surface area contributed by atoms with Gasteiger partial charge >= 0.3 is 0 Å². The standard InChI is InChI=1S/C14H20N6O/c1-3-15-11-8-20-7-6-16-13(20)12(19-11)17-9(2)14(21)18-10-4-5-10/h6-10,15H,3-5H2,1-2H3,(H,17,19)(H,18,21). The van der Waals surface area contributed by atoms with Crippen LogP contribution in [0.1, 0.15) is 26.7 Å². The summed E-state index contributed by atoms with van der Waals surface area (Å²) in [6.07, 6.45) is 7.62. The molecular weight excluding hydrogens is 268 g/mol. The number of nitrogens with zero attached hydrogens (tertiary/aromatic N) is 3. The smallest absolute Gasteiger partial charge is 0.242 e. The Bertz CT molecular complexity index is 648. The van der Waals surface area contributed by atoms with E-state index in [0.29, 0.717) is 17.5 Å². The summed E-state index contributed by atoms with van der Waals surface area (Å²) in [5.74, 6) is 1.36. The second-order valence-electron chi connectivity index (χ2n) is 5.31. The average Bonchev–Trinajstić information content (AvgIpc) is 3.13. The van der Waals surface area contributed by atoms with E-state index >= 15 is 0 Å². The second-order valence-corrected chi connectivity index (χ2v) is 5.31. The maximum Gasteiger partial charge on any atom is 0.242 e. The second kappa shape index (κ2) is 5.59. The Hall–Kier alpha value is -2.31. The lowest BCUT2D eigenvalue weighted by Gasteiger charge is -2.16. The molecule has 1 amide bonds. The first-order chi connectivity index (χ1) is 10.2. The van der Waals surface area contributed by atoms with Crippen molar-refractivity contribution in [2.45, 2.75) is 38.8 Å². The lowest BCUT2D eigenvalue weighted by Crippen LogP contribution is -2.39. The van der Waals surface area contributed by atoms with Crippen molar-refractivity contribution < 1.29 is 4.79 Å². The molecule has 7 heteroatoms. The molecular formula is C14H20N6O. The summed E-state index contributed by atoms with van der Waals surface area (Å²) in [7, 11) is 0. The molecule has 7 nitrogen and oxygen atoms in total. The van der Waals surface area contributed by atoms with E-state index in [2.05, 4.69) is 25.9 Å². The fraction of sp³-hybridized carbons (Fsp3) is 0.500. The predicted octanol–water partition coefficient (Wildman–Crippen LogP) is 1.24. The van der Waals surface area contributed by atoms with Crippen LogP contribution in [0.15, 0.2) is 18.6 Å². The van der Waals surface area contributed by atoms with E-state index in [-0.39, 0.29) is 11.9 Å². The van der Waals surface area contributed by atoms with Crippen molar-refractivity contribution in [2.24, 2.45) is 0 Å². The summed E-state index contributed by atoms with van der Waals surface area (Å²) in [5, 5.41) is 9.31. The van der Waals surface area contributed by atoms with Crippen LogP contribution in [0.4, 0.5) is 11.6 Å². The Morgan fingerprint density at radius 3 is 3.05 bits per heavy atom. The maximum absolute atomic E-state index is 12.0. The minimum atomic E-state index is -0.351. The third kappa shape index (κ3) is 3.07. The molecule has 1 aliphatic carbocycles. The number of aromatic nitrogens is 3. The molecule has 3 rings (SSSR count). The van der Waals surface area contributed by atoms with Crippen LogP contribution in [-0.2, 0) is 4.79 Å². The molecule has 1 unspecified atom stereocenters. The van der Waals surface area contributed by atoms with E-state index in [1.165, 1.54) is 0 Å². The number of fused-ring (bicyclic) bond motifs is 1. The summed E-state index contributed by atoms with van der Waals surface area (Å²) in [6.45, 7) is 4.63. The molecule has 0 radical (unpaired) electrons. The maximum atomic E-state index is 12.0. The van der Waals surface area contributed by atoms with Crippen molar-refractivity contribution in [2.75, 3.05) is 17.2 Å². The third-order valence-corrected chi connectivity index (χ3v) is 3.40. The van der Waals surface area contributed by atoms with Crippen molar-refractivity contribution in [3.8, 4) is 0 Å². The van der Waals surface area contributed by atoms with E-state index in [1.54, 1.807) is 6.20 Å². The highest BCUT2D eigenvalue weighted by Crippen LogP contribution is 2.20. The number of carbonyl (C=O) groups excluding carboxylic acids is 1. The molecule has 1 aliphatic rings. The van der Waals surface area contributed by atoms with Gasteiger partial charge < -0.3 is 20.4 Å².